The van der Waals surface area contributed by atoms with E-state index >= 15 is 0 Å². The third kappa shape index (κ3) is 3.39. The second-order valence-electron chi connectivity index (χ2n) is 7.10. The van der Waals surface area contributed by atoms with Crippen LogP contribution in [0.2, 0.25) is 0 Å². The minimum absolute atomic E-state index is 0.0148. The largest absolute Gasteiger partial charge is 0.417 e. The lowest BCUT2D eigenvalue weighted by atomic mass is 10.1. The summed E-state index contributed by atoms with van der Waals surface area (Å²) in [4.78, 5) is 6.27. The molecule has 0 atom stereocenters. The van der Waals surface area contributed by atoms with Crippen LogP contribution in [0.5, 0.6) is 0 Å². The number of nitrogens with zero attached hydrogens (tertiary/aromatic N) is 4. The van der Waals surface area contributed by atoms with Crippen LogP contribution in [-0.4, -0.2) is 23.5 Å². The molecule has 1 N–H and O–H groups in total. The van der Waals surface area contributed by atoms with Crippen LogP contribution in [0.1, 0.15) is 16.7 Å². The Labute approximate surface area is 171 Å². The molecular formula is C22H18F3N5. The lowest BCUT2D eigenvalue weighted by Gasteiger charge is -2.16. The van der Waals surface area contributed by atoms with Crippen molar-refractivity contribution in [3.05, 3.63) is 71.3 Å². The topological polar surface area (TPSA) is 56.4 Å². The number of imidazole rings is 1. The molecule has 0 aliphatic heterocycles. The third-order valence-electron chi connectivity index (χ3n) is 4.92. The number of rotatable bonds is 4. The van der Waals surface area contributed by atoms with E-state index in [4.69, 9.17) is 0 Å². The molecule has 5 nitrogen and oxygen atoms in total. The number of hydrogen-bond donors (Lipinski definition) is 1. The van der Waals surface area contributed by atoms with Crippen molar-refractivity contribution in [1.29, 1.82) is 5.26 Å². The van der Waals surface area contributed by atoms with Gasteiger partial charge in [0.1, 0.15) is 17.5 Å². The first-order chi connectivity index (χ1) is 14.3. The van der Waals surface area contributed by atoms with Gasteiger partial charge in [-0.2, -0.15) is 18.4 Å². The number of aromatic nitrogens is 2. The Bertz CT molecular complexity index is 1260. The first-order valence-corrected chi connectivity index (χ1v) is 9.21. The van der Waals surface area contributed by atoms with E-state index in [0.717, 1.165) is 17.3 Å². The lowest BCUT2D eigenvalue weighted by molar-refractivity contribution is -0.137. The van der Waals surface area contributed by atoms with Crippen LogP contribution in [-0.2, 0) is 12.7 Å². The van der Waals surface area contributed by atoms with Gasteiger partial charge in [0.05, 0.1) is 16.6 Å². The highest BCUT2D eigenvalue weighted by Gasteiger charge is 2.36. The Hall–Kier alpha value is -3.73. The summed E-state index contributed by atoms with van der Waals surface area (Å²) in [7, 11) is 3.87. The maximum Gasteiger partial charge on any atom is 0.417 e. The fraction of sp³-hybridized carbons (Fsp3) is 0.182. The van der Waals surface area contributed by atoms with Gasteiger partial charge in [0.25, 0.3) is 0 Å². The Morgan fingerprint density at radius 1 is 1.10 bits per heavy atom. The van der Waals surface area contributed by atoms with Gasteiger partial charge in [-0.1, -0.05) is 24.3 Å². The summed E-state index contributed by atoms with van der Waals surface area (Å²) in [5, 5.41) is 12.5. The van der Waals surface area contributed by atoms with Crippen molar-refractivity contribution < 1.29 is 13.2 Å². The van der Waals surface area contributed by atoms with Crippen LogP contribution in [0.25, 0.3) is 16.7 Å². The molecule has 0 unspecified atom stereocenters. The van der Waals surface area contributed by atoms with Crippen molar-refractivity contribution in [3.63, 3.8) is 0 Å². The average Bonchev–Trinajstić information content (AvgIpc) is 3.11. The van der Waals surface area contributed by atoms with E-state index in [2.05, 4.69) is 10.3 Å². The van der Waals surface area contributed by atoms with Crippen molar-refractivity contribution >= 4 is 28.2 Å². The molecule has 4 aromatic rings. The zero-order chi connectivity index (χ0) is 21.5. The first-order valence-electron chi connectivity index (χ1n) is 9.21. The van der Waals surface area contributed by atoms with Crippen LogP contribution in [0.15, 0.2) is 54.6 Å². The molecule has 152 valence electrons. The van der Waals surface area contributed by atoms with E-state index in [-0.39, 0.29) is 11.5 Å². The summed E-state index contributed by atoms with van der Waals surface area (Å²) in [6.07, 6.45) is -4.67. The predicted octanol–water partition coefficient (Wildman–Crippen LogP) is 5.06. The SMILES string of the molecule is CN(C)c1ccc(CNc2cc(C(F)(F)F)c(C#N)c3nc4ccccc4n23)cc1. The van der Waals surface area contributed by atoms with Crippen LogP contribution in [0.3, 0.4) is 0 Å². The molecule has 0 spiro atoms. The average molecular weight is 409 g/mol. The summed E-state index contributed by atoms with van der Waals surface area (Å²) in [5.74, 6) is 0.224. The number of benzene rings is 2. The molecule has 0 amide bonds. The third-order valence-corrected chi connectivity index (χ3v) is 4.92. The minimum Gasteiger partial charge on any atom is -0.378 e. The van der Waals surface area contributed by atoms with Crippen LogP contribution in [0.4, 0.5) is 24.7 Å². The molecule has 0 saturated heterocycles. The highest BCUT2D eigenvalue weighted by Crippen LogP contribution is 2.37. The van der Waals surface area contributed by atoms with Gasteiger partial charge in [0.15, 0.2) is 5.65 Å². The molecule has 0 bridgehead atoms. The van der Waals surface area contributed by atoms with Crippen molar-refractivity contribution in [2.24, 2.45) is 0 Å². The second kappa shape index (κ2) is 7.26. The van der Waals surface area contributed by atoms with Crippen molar-refractivity contribution in [3.8, 4) is 6.07 Å². The van der Waals surface area contributed by atoms with Crippen LogP contribution >= 0.6 is 0 Å². The molecule has 0 fully saturated rings. The zero-order valence-corrected chi connectivity index (χ0v) is 16.3. The number of pyridine rings is 1. The van der Waals surface area contributed by atoms with Crippen molar-refractivity contribution in [2.45, 2.75) is 12.7 Å². The smallest absolute Gasteiger partial charge is 0.378 e. The van der Waals surface area contributed by atoms with Gasteiger partial charge < -0.3 is 10.2 Å². The number of alkyl halides is 3. The Morgan fingerprint density at radius 2 is 1.80 bits per heavy atom. The molecule has 8 heteroatoms. The molecule has 30 heavy (non-hydrogen) atoms. The number of para-hydroxylation sites is 2. The normalized spacial score (nSPS) is 11.6. The van der Waals surface area contributed by atoms with E-state index in [1.54, 1.807) is 34.7 Å². The van der Waals surface area contributed by atoms with Crippen molar-refractivity contribution in [1.82, 2.24) is 9.38 Å². The molecule has 4 rings (SSSR count). The number of hydrogen-bond acceptors (Lipinski definition) is 4. The molecule has 0 radical (unpaired) electrons. The Morgan fingerprint density at radius 3 is 2.43 bits per heavy atom. The maximum atomic E-state index is 13.7. The van der Waals surface area contributed by atoms with Crippen LogP contribution < -0.4 is 10.2 Å². The summed E-state index contributed by atoms with van der Waals surface area (Å²) < 4.78 is 42.6. The number of nitriles is 1. The van der Waals surface area contributed by atoms with Gasteiger partial charge in [0.2, 0.25) is 0 Å². The van der Waals surface area contributed by atoms with Gasteiger partial charge in [-0.15, -0.1) is 0 Å². The van der Waals surface area contributed by atoms with E-state index in [9.17, 15) is 18.4 Å². The molecule has 2 aromatic carbocycles. The predicted molar refractivity (Wildman–Crippen MR) is 111 cm³/mol. The van der Waals surface area contributed by atoms with Gasteiger partial charge in [-0.3, -0.25) is 4.40 Å². The van der Waals surface area contributed by atoms with E-state index in [0.29, 0.717) is 17.6 Å². The summed E-state index contributed by atoms with van der Waals surface area (Å²) in [6, 6.07) is 17.4. The highest BCUT2D eigenvalue weighted by atomic mass is 19.4. The highest BCUT2D eigenvalue weighted by molar-refractivity contribution is 5.85. The minimum atomic E-state index is -4.67. The van der Waals surface area contributed by atoms with Crippen LogP contribution in [0, 0.1) is 11.3 Å². The van der Waals surface area contributed by atoms with E-state index in [1.807, 2.05) is 43.3 Å². The van der Waals surface area contributed by atoms with E-state index < -0.39 is 17.3 Å². The number of fused-ring (bicyclic) bond motifs is 3. The van der Waals surface area contributed by atoms with Crippen molar-refractivity contribution in [2.75, 3.05) is 24.3 Å². The first kappa shape index (κ1) is 19.6. The molecular weight excluding hydrogens is 391 g/mol. The summed E-state index contributed by atoms with van der Waals surface area (Å²) in [5.41, 5.74) is 1.59. The summed E-state index contributed by atoms with van der Waals surface area (Å²) >= 11 is 0. The second-order valence-corrected chi connectivity index (χ2v) is 7.10. The fourth-order valence-electron chi connectivity index (χ4n) is 3.40. The molecule has 0 aliphatic carbocycles. The van der Waals surface area contributed by atoms with Gasteiger partial charge in [-0.05, 0) is 35.9 Å². The number of nitrogens with one attached hydrogen (secondary N) is 1. The molecule has 2 aromatic heterocycles. The quantitative estimate of drug-likeness (QED) is 0.512. The van der Waals surface area contributed by atoms with E-state index in [1.165, 1.54) is 0 Å². The monoisotopic (exact) mass is 409 g/mol. The number of halogens is 3. The van der Waals surface area contributed by atoms with Gasteiger partial charge in [-0.25, -0.2) is 4.98 Å². The lowest BCUT2D eigenvalue weighted by Crippen LogP contribution is -2.13. The fourth-order valence-corrected chi connectivity index (χ4v) is 3.40. The van der Waals surface area contributed by atoms with Gasteiger partial charge in [0, 0.05) is 26.3 Å². The standard InChI is InChI=1S/C22H18F3N5/c1-29(2)15-9-7-14(8-10-15)13-27-20-11-17(22(23,24)25)16(12-26)21-28-18-5-3-4-6-19(18)30(20)21/h3-11,27H,13H2,1-2H3. The zero-order valence-electron chi connectivity index (χ0n) is 16.3. The molecule has 2 heterocycles. The summed E-state index contributed by atoms with van der Waals surface area (Å²) in [6.45, 7) is 0.318. The molecule has 0 saturated carbocycles. The maximum absolute atomic E-state index is 13.7. The van der Waals surface area contributed by atoms with Gasteiger partial charge >= 0.3 is 6.18 Å². The number of anilines is 2. The Kier molecular flexibility index (Phi) is 4.74. The Balaban J connectivity index is 1.84. The molecule has 0 aliphatic rings.